The van der Waals surface area contributed by atoms with Crippen LogP contribution in [0.4, 0.5) is 5.13 Å². The molecule has 0 unspecified atom stereocenters. The minimum Gasteiger partial charge on any atom is -0.478 e. The van der Waals surface area contributed by atoms with Crippen molar-refractivity contribution in [3.8, 4) is 0 Å². The Balaban J connectivity index is 2.63. The lowest BCUT2D eigenvalue weighted by Crippen LogP contribution is -2.08. The van der Waals surface area contributed by atoms with Gasteiger partial charge in [-0.05, 0) is 13.8 Å². The van der Waals surface area contributed by atoms with Crippen molar-refractivity contribution in [2.24, 2.45) is 0 Å². The van der Waals surface area contributed by atoms with Crippen molar-refractivity contribution in [2.75, 3.05) is 5.32 Å². The number of anilines is 1. The highest BCUT2D eigenvalue weighted by Crippen LogP contribution is 2.20. The molecule has 15 heavy (non-hydrogen) atoms. The molecule has 0 saturated heterocycles. The van der Waals surface area contributed by atoms with Crippen molar-refractivity contribution in [3.05, 3.63) is 22.7 Å². The Morgan fingerprint density at radius 3 is 2.53 bits per heavy atom. The van der Waals surface area contributed by atoms with Crippen molar-refractivity contribution in [2.45, 2.75) is 13.8 Å². The van der Waals surface area contributed by atoms with E-state index in [1.165, 1.54) is 11.3 Å². The summed E-state index contributed by atoms with van der Waals surface area (Å²) >= 11 is 1.35. The molecule has 0 aliphatic rings. The van der Waals surface area contributed by atoms with Crippen LogP contribution in [0.3, 0.4) is 0 Å². The van der Waals surface area contributed by atoms with Crippen LogP contribution in [0.25, 0.3) is 0 Å². The van der Waals surface area contributed by atoms with E-state index in [4.69, 9.17) is 5.11 Å². The summed E-state index contributed by atoms with van der Waals surface area (Å²) in [6.07, 6.45) is 1.73. The van der Waals surface area contributed by atoms with Crippen molar-refractivity contribution >= 4 is 28.3 Å². The number of nitrogens with zero attached hydrogens (tertiary/aromatic N) is 1. The first kappa shape index (κ1) is 11.4. The summed E-state index contributed by atoms with van der Waals surface area (Å²) in [7, 11) is 0. The smallest absolute Gasteiger partial charge is 0.328 e. The van der Waals surface area contributed by atoms with Crippen LogP contribution in [0, 0.1) is 13.8 Å². The number of carbonyl (C=O) groups is 2. The van der Waals surface area contributed by atoms with E-state index in [0.717, 1.165) is 22.7 Å². The van der Waals surface area contributed by atoms with E-state index in [9.17, 15) is 9.59 Å². The highest BCUT2D eigenvalue weighted by Gasteiger charge is 2.05. The van der Waals surface area contributed by atoms with Crippen LogP contribution in [0.5, 0.6) is 0 Å². The van der Waals surface area contributed by atoms with Crippen LogP contribution in [0.15, 0.2) is 12.2 Å². The monoisotopic (exact) mass is 226 g/mol. The number of aromatic nitrogens is 1. The van der Waals surface area contributed by atoms with Gasteiger partial charge in [-0.1, -0.05) is 0 Å². The Hall–Kier alpha value is -1.69. The first-order valence-electron chi connectivity index (χ1n) is 4.15. The molecule has 0 aliphatic heterocycles. The lowest BCUT2D eigenvalue weighted by Gasteiger charge is -1.93. The maximum absolute atomic E-state index is 11.1. The van der Waals surface area contributed by atoms with Gasteiger partial charge in [0.1, 0.15) is 0 Å². The zero-order valence-corrected chi connectivity index (χ0v) is 9.09. The molecular formula is C9H10N2O3S. The fraction of sp³-hybridized carbons (Fsp3) is 0.222. The minimum absolute atomic E-state index is 0.477. The molecule has 6 heteroatoms. The van der Waals surface area contributed by atoms with Crippen LogP contribution in [0.2, 0.25) is 0 Å². The molecule has 0 aliphatic carbocycles. The summed E-state index contributed by atoms with van der Waals surface area (Å²) in [5.74, 6) is -1.65. The van der Waals surface area contributed by atoms with E-state index in [-0.39, 0.29) is 0 Å². The third kappa shape index (κ3) is 3.51. The number of rotatable bonds is 3. The molecule has 1 aromatic heterocycles. The van der Waals surface area contributed by atoms with E-state index in [0.29, 0.717) is 5.13 Å². The molecule has 0 atom stereocenters. The van der Waals surface area contributed by atoms with Gasteiger partial charge in [0.2, 0.25) is 5.91 Å². The van der Waals surface area contributed by atoms with Crippen molar-refractivity contribution < 1.29 is 14.7 Å². The van der Waals surface area contributed by atoms with Crippen LogP contribution in [-0.4, -0.2) is 22.0 Å². The Bertz CT molecular complexity index is 403. The third-order valence-corrected chi connectivity index (χ3v) is 2.62. The topological polar surface area (TPSA) is 79.3 Å². The fourth-order valence-electron chi connectivity index (χ4n) is 0.820. The summed E-state index contributed by atoms with van der Waals surface area (Å²) in [5, 5.41) is 11.3. The van der Waals surface area contributed by atoms with E-state index < -0.39 is 11.9 Å². The van der Waals surface area contributed by atoms with E-state index in [1.54, 1.807) is 0 Å². The Morgan fingerprint density at radius 1 is 1.40 bits per heavy atom. The molecule has 1 rings (SSSR count). The summed E-state index contributed by atoms with van der Waals surface area (Å²) in [4.78, 5) is 26.4. The van der Waals surface area contributed by atoms with Gasteiger partial charge >= 0.3 is 5.97 Å². The summed E-state index contributed by atoms with van der Waals surface area (Å²) < 4.78 is 0. The number of hydrogen-bond donors (Lipinski definition) is 2. The molecule has 0 spiro atoms. The third-order valence-electron chi connectivity index (χ3n) is 1.64. The summed E-state index contributed by atoms with van der Waals surface area (Å²) in [5.41, 5.74) is 0.859. The number of carboxylic acids is 1. The standard InChI is InChI=1S/C9H10N2O3S/c1-5-6(2)15-9(10-5)11-7(12)3-4-8(13)14/h3-4H,1-2H3,(H,13,14)(H,10,11,12)/b4-3-. The average molecular weight is 226 g/mol. The van der Waals surface area contributed by atoms with E-state index >= 15 is 0 Å². The first-order chi connectivity index (χ1) is 6.99. The highest BCUT2D eigenvalue weighted by atomic mass is 32.1. The van der Waals surface area contributed by atoms with Crippen LogP contribution in [-0.2, 0) is 9.59 Å². The zero-order valence-electron chi connectivity index (χ0n) is 8.27. The van der Waals surface area contributed by atoms with E-state index in [2.05, 4.69) is 10.3 Å². The Labute approximate surface area is 90.5 Å². The van der Waals surface area contributed by atoms with Crippen molar-refractivity contribution in [1.82, 2.24) is 4.98 Å². The van der Waals surface area contributed by atoms with Gasteiger partial charge in [0.25, 0.3) is 0 Å². The molecule has 1 aromatic rings. The van der Waals surface area contributed by atoms with Gasteiger partial charge in [0.15, 0.2) is 5.13 Å². The quantitative estimate of drug-likeness (QED) is 0.762. The molecule has 0 radical (unpaired) electrons. The number of carbonyl (C=O) groups excluding carboxylic acids is 1. The summed E-state index contributed by atoms with van der Waals surface area (Å²) in [6.45, 7) is 3.74. The average Bonchev–Trinajstić information content (AvgIpc) is 2.42. The zero-order chi connectivity index (χ0) is 11.4. The number of thiazole rings is 1. The fourth-order valence-corrected chi connectivity index (χ4v) is 1.64. The summed E-state index contributed by atoms with van der Waals surface area (Å²) in [6, 6.07) is 0. The second-order valence-corrected chi connectivity index (χ2v) is 4.02. The molecule has 0 saturated carbocycles. The number of aliphatic carboxylic acids is 1. The number of carboxylic acid groups (broad SMARTS) is 1. The number of aryl methyl sites for hydroxylation is 2. The minimum atomic E-state index is -1.16. The lowest BCUT2D eigenvalue weighted by molar-refractivity contribution is -0.131. The van der Waals surface area contributed by atoms with Gasteiger partial charge in [0.05, 0.1) is 5.69 Å². The maximum atomic E-state index is 11.1. The number of amides is 1. The van der Waals surface area contributed by atoms with Gasteiger partial charge in [0, 0.05) is 17.0 Å². The maximum Gasteiger partial charge on any atom is 0.328 e. The van der Waals surface area contributed by atoms with Crippen LogP contribution in [0.1, 0.15) is 10.6 Å². The Morgan fingerprint density at radius 2 is 2.07 bits per heavy atom. The molecule has 0 fully saturated rings. The van der Waals surface area contributed by atoms with Crippen LogP contribution < -0.4 is 5.32 Å². The SMILES string of the molecule is Cc1nc(NC(=O)/C=C\C(=O)O)sc1C. The molecule has 80 valence electrons. The van der Waals surface area contributed by atoms with E-state index in [1.807, 2.05) is 13.8 Å². The largest absolute Gasteiger partial charge is 0.478 e. The van der Waals surface area contributed by atoms with Crippen LogP contribution >= 0.6 is 11.3 Å². The van der Waals surface area contributed by atoms with Gasteiger partial charge < -0.3 is 5.11 Å². The van der Waals surface area contributed by atoms with Crippen molar-refractivity contribution in [1.29, 1.82) is 0 Å². The second kappa shape index (κ2) is 4.70. The number of hydrogen-bond acceptors (Lipinski definition) is 4. The van der Waals surface area contributed by atoms with Gasteiger partial charge in [-0.3, -0.25) is 10.1 Å². The molecule has 5 nitrogen and oxygen atoms in total. The normalized spacial score (nSPS) is 10.5. The van der Waals surface area contributed by atoms with Gasteiger partial charge in [-0.2, -0.15) is 0 Å². The predicted octanol–water partition coefficient (Wildman–Crippen LogP) is 1.34. The molecule has 1 heterocycles. The highest BCUT2D eigenvalue weighted by molar-refractivity contribution is 7.15. The second-order valence-electron chi connectivity index (χ2n) is 2.82. The Kier molecular flexibility index (Phi) is 3.56. The molecule has 0 aromatic carbocycles. The molecular weight excluding hydrogens is 216 g/mol. The number of nitrogens with one attached hydrogen (secondary N) is 1. The molecule has 2 N–H and O–H groups in total. The van der Waals surface area contributed by atoms with Gasteiger partial charge in [-0.25, -0.2) is 9.78 Å². The van der Waals surface area contributed by atoms with Crippen molar-refractivity contribution in [3.63, 3.8) is 0 Å². The molecule has 1 amide bonds. The first-order valence-corrected chi connectivity index (χ1v) is 4.96. The predicted molar refractivity (Wildman–Crippen MR) is 57.0 cm³/mol. The lowest BCUT2D eigenvalue weighted by atomic mass is 10.4. The molecule has 0 bridgehead atoms. The van der Waals surface area contributed by atoms with Gasteiger partial charge in [-0.15, -0.1) is 11.3 Å².